The quantitative estimate of drug-likeness (QED) is 0.590. The number of nitrogens with zero attached hydrogens (tertiary/aromatic N) is 3. The summed E-state index contributed by atoms with van der Waals surface area (Å²) in [4.78, 5) is 16.6. The Labute approximate surface area is 171 Å². The molecule has 0 fully saturated rings. The first-order valence-electron chi connectivity index (χ1n) is 8.85. The van der Waals surface area contributed by atoms with Gasteiger partial charge in [-0.2, -0.15) is 31.4 Å². The Morgan fingerprint density at radius 2 is 1.87 bits per heavy atom. The third-order valence-corrected chi connectivity index (χ3v) is 4.35. The lowest BCUT2D eigenvalue weighted by Gasteiger charge is -2.14. The van der Waals surface area contributed by atoms with Gasteiger partial charge in [-0.05, 0) is 37.3 Å². The fourth-order valence-electron chi connectivity index (χ4n) is 2.84. The number of rotatable bonds is 5. The van der Waals surface area contributed by atoms with E-state index in [-0.39, 0.29) is 22.3 Å². The summed E-state index contributed by atoms with van der Waals surface area (Å²) in [7, 11) is 1.42. The van der Waals surface area contributed by atoms with Crippen molar-refractivity contribution in [1.82, 2.24) is 20.1 Å². The van der Waals surface area contributed by atoms with Gasteiger partial charge in [0.1, 0.15) is 5.75 Å². The Hall–Kier alpha value is -3.31. The molecule has 3 rings (SSSR count). The van der Waals surface area contributed by atoms with Crippen LogP contribution in [-0.4, -0.2) is 33.5 Å². The van der Waals surface area contributed by atoms with Crippen molar-refractivity contribution in [3.8, 4) is 5.75 Å². The standard InChI is InChI=1S/C19H16F6N4O2/c1-10(14-6-4-12(8-26-14)31-9-18(20,21)22)27-17(30)16-13-5-3-11(19(23,24)25)7-15(13)29(2)28-16/h3-8,10H,9H2,1-2H3,(H,27,30). The average Bonchev–Trinajstić information content (AvgIpc) is 3.02. The fraction of sp³-hybridized carbons (Fsp3) is 0.316. The smallest absolute Gasteiger partial charge is 0.422 e. The third kappa shape index (κ3) is 5.25. The van der Waals surface area contributed by atoms with E-state index in [4.69, 9.17) is 0 Å². The highest BCUT2D eigenvalue weighted by molar-refractivity contribution is 6.05. The van der Waals surface area contributed by atoms with Gasteiger partial charge in [0.2, 0.25) is 0 Å². The minimum absolute atomic E-state index is 0.0665. The van der Waals surface area contributed by atoms with E-state index in [0.29, 0.717) is 5.69 Å². The molecule has 1 N–H and O–H groups in total. The van der Waals surface area contributed by atoms with Crippen LogP contribution in [0.15, 0.2) is 36.5 Å². The number of carbonyl (C=O) groups is 1. The summed E-state index contributed by atoms with van der Waals surface area (Å²) >= 11 is 0. The Morgan fingerprint density at radius 1 is 1.16 bits per heavy atom. The number of amides is 1. The summed E-state index contributed by atoms with van der Waals surface area (Å²) < 4.78 is 81.1. The van der Waals surface area contributed by atoms with Crippen LogP contribution in [0.2, 0.25) is 0 Å². The van der Waals surface area contributed by atoms with E-state index in [1.165, 1.54) is 29.9 Å². The Kier molecular flexibility index (Phi) is 5.83. The van der Waals surface area contributed by atoms with Crippen LogP contribution < -0.4 is 10.1 Å². The monoisotopic (exact) mass is 446 g/mol. The molecule has 31 heavy (non-hydrogen) atoms. The molecule has 0 radical (unpaired) electrons. The third-order valence-electron chi connectivity index (χ3n) is 4.35. The lowest BCUT2D eigenvalue weighted by atomic mass is 10.1. The molecule has 0 aliphatic carbocycles. The van der Waals surface area contributed by atoms with E-state index in [9.17, 15) is 31.1 Å². The fourth-order valence-corrected chi connectivity index (χ4v) is 2.84. The molecule has 3 aromatic rings. The summed E-state index contributed by atoms with van der Waals surface area (Å²) in [5, 5.41) is 6.87. The molecule has 12 heteroatoms. The van der Waals surface area contributed by atoms with Gasteiger partial charge in [-0.25, -0.2) is 0 Å². The van der Waals surface area contributed by atoms with Gasteiger partial charge >= 0.3 is 12.4 Å². The molecule has 0 saturated heterocycles. The molecule has 1 aromatic carbocycles. The molecule has 1 unspecified atom stereocenters. The van der Waals surface area contributed by atoms with Crippen LogP contribution in [0.3, 0.4) is 0 Å². The predicted octanol–water partition coefficient (Wildman–Crippen LogP) is 4.42. The number of benzene rings is 1. The second-order valence-corrected chi connectivity index (χ2v) is 6.72. The van der Waals surface area contributed by atoms with E-state index in [1.807, 2.05) is 0 Å². The number of nitrogens with one attached hydrogen (secondary N) is 1. The van der Waals surface area contributed by atoms with E-state index >= 15 is 0 Å². The zero-order valence-electron chi connectivity index (χ0n) is 16.2. The number of carbonyl (C=O) groups excluding carboxylic acids is 1. The van der Waals surface area contributed by atoms with E-state index in [0.717, 1.165) is 18.3 Å². The van der Waals surface area contributed by atoms with Gasteiger partial charge in [0, 0.05) is 12.4 Å². The lowest BCUT2D eigenvalue weighted by molar-refractivity contribution is -0.153. The zero-order valence-corrected chi connectivity index (χ0v) is 16.2. The minimum Gasteiger partial charge on any atom is -0.483 e. The number of hydrogen-bond acceptors (Lipinski definition) is 4. The molecule has 1 amide bonds. The number of hydrogen-bond donors (Lipinski definition) is 1. The van der Waals surface area contributed by atoms with Crippen molar-refractivity contribution in [2.75, 3.05) is 6.61 Å². The molecule has 0 spiro atoms. The van der Waals surface area contributed by atoms with Gasteiger partial charge in [-0.15, -0.1) is 0 Å². The van der Waals surface area contributed by atoms with Crippen LogP contribution >= 0.6 is 0 Å². The molecule has 0 aliphatic rings. The number of aromatic nitrogens is 3. The van der Waals surface area contributed by atoms with Crippen molar-refractivity contribution < 1.29 is 35.9 Å². The summed E-state index contributed by atoms with van der Waals surface area (Å²) in [5.74, 6) is -0.729. The first kappa shape index (κ1) is 22.4. The maximum atomic E-state index is 12.9. The first-order valence-corrected chi connectivity index (χ1v) is 8.85. The predicted molar refractivity (Wildman–Crippen MR) is 97.4 cm³/mol. The number of alkyl halides is 6. The lowest BCUT2D eigenvalue weighted by Crippen LogP contribution is -2.28. The van der Waals surface area contributed by atoms with E-state index < -0.39 is 36.5 Å². The summed E-state index contributed by atoms with van der Waals surface area (Å²) in [5.41, 5.74) is -0.451. The highest BCUT2D eigenvalue weighted by Crippen LogP contribution is 2.32. The summed E-state index contributed by atoms with van der Waals surface area (Å²) in [6, 6.07) is 4.97. The van der Waals surface area contributed by atoms with Crippen molar-refractivity contribution in [3.05, 3.63) is 53.5 Å². The van der Waals surface area contributed by atoms with Crippen LogP contribution in [0.25, 0.3) is 10.9 Å². The molecule has 2 heterocycles. The van der Waals surface area contributed by atoms with Gasteiger partial charge in [0.05, 0.1) is 29.0 Å². The topological polar surface area (TPSA) is 69.0 Å². The molecular weight excluding hydrogens is 430 g/mol. The number of halogens is 6. The van der Waals surface area contributed by atoms with E-state index in [1.54, 1.807) is 6.92 Å². The molecule has 0 bridgehead atoms. The van der Waals surface area contributed by atoms with Crippen LogP contribution in [0, 0.1) is 0 Å². The summed E-state index contributed by atoms with van der Waals surface area (Å²) in [6.45, 7) is 0.131. The van der Waals surface area contributed by atoms with Gasteiger partial charge < -0.3 is 10.1 Å². The van der Waals surface area contributed by atoms with Crippen LogP contribution in [0.4, 0.5) is 26.3 Å². The Morgan fingerprint density at radius 3 is 2.45 bits per heavy atom. The molecule has 0 aliphatic heterocycles. The normalized spacial score (nSPS) is 13.3. The Balaban J connectivity index is 1.74. The SMILES string of the molecule is CC(NC(=O)c1nn(C)c2cc(C(F)(F)F)ccc12)c1ccc(OCC(F)(F)F)cn1. The maximum Gasteiger partial charge on any atom is 0.422 e. The molecular formula is C19H16F6N4O2. The first-order chi connectivity index (χ1) is 14.3. The van der Waals surface area contributed by atoms with Gasteiger partial charge in [0.15, 0.2) is 12.3 Å². The van der Waals surface area contributed by atoms with Crippen LogP contribution in [-0.2, 0) is 13.2 Å². The van der Waals surface area contributed by atoms with Crippen LogP contribution in [0.5, 0.6) is 5.75 Å². The average molecular weight is 446 g/mol. The van der Waals surface area contributed by atoms with Gasteiger partial charge in [-0.3, -0.25) is 14.5 Å². The van der Waals surface area contributed by atoms with Crippen LogP contribution in [0.1, 0.15) is 34.7 Å². The molecule has 166 valence electrons. The van der Waals surface area contributed by atoms with Crippen molar-refractivity contribution in [2.24, 2.45) is 7.05 Å². The molecule has 2 aromatic heterocycles. The van der Waals surface area contributed by atoms with Crippen molar-refractivity contribution >= 4 is 16.8 Å². The van der Waals surface area contributed by atoms with Crippen molar-refractivity contribution in [3.63, 3.8) is 0 Å². The summed E-state index contributed by atoms with van der Waals surface area (Å²) in [6.07, 6.45) is -7.91. The minimum atomic E-state index is -4.53. The molecule has 1 atom stereocenters. The Bertz CT molecular complexity index is 1090. The second kappa shape index (κ2) is 8.08. The highest BCUT2D eigenvalue weighted by Gasteiger charge is 2.31. The number of ether oxygens (including phenoxy) is 1. The molecule has 6 nitrogen and oxygen atoms in total. The second-order valence-electron chi connectivity index (χ2n) is 6.72. The van der Waals surface area contributed by atoms with Gasteiger partial charge in [0.25, 0.3) is 5.91 Å². The van der Waals surface area contributed by atoms with E-state index in [2.05, 4.69) is 20.1 Å². The number of aryl methyl sites for hydroxylation is 1. The van der Waals surface area contributed by atoms with Crippen molar-refractivity contribution in [1.29, 1.82) is 0 Å². The molecule has 0 saturated carbocycles. The zero-order chi connectivity index (χ0) is 23.0. The highest BCUT2D eigenvalue weighted by atomic mass is 19.4. The number of pyridine rings is 1. The number of fused-ring (bicyclic) bond motifs is 1. The largest absolute Gasteiger partial charge is 0.483 e. The van der Waals surface area contributed by atoms with Gasteiger partial charge in [-0.1, -0.05) is 0 Å². The van der Waals surface area contributed by atoms with Crippen molar-refractivity contribution in [2.45, 2.75) is 25.3 Å². The maximum absolute atomic E-state index is 12.9.